The van der Waals surface area contributed by atoms with Gasteiger partial charge in [0, 0.05) is 24.2 Å². The van der Waals surface area contributed by atoms with Crippen molar-refractivity contribution in [3.05, 3.63) is 70.6 Å². The molecular weight excluding hydrogens is 401 g/mol. The average Bonchev–Trinajstić information content (AvgIpc) is 2.77. The van der Waals surface area contributed by atoms with Crippen LogP contribution >= 0.6 is 0 Å². The van der Waals surface area contributed by atoms with Crippen LogP contribution in [0.5, 0.6) is 11.5 Å². The van der Waals surface area contributed by atoms with Crippen LogP contribution < -0.4 is 4.74 Å². The molecule has 0 N–H and O–H groups in total. The molecule has 0 saturated heterocycles. The van der Waals surface area contributed by atoms with Gasteiger partial charge in [0.2, 0.25) is 5.82 Å². The van der Waals surface area contributed by atoms with Crippen molar-refractivity contribution >= 4 is 0 Å². The van der Waals surface area contributed by atoms with Crippen LogP contribution in [0.4, 0.5) is 13.2 Å². The van der Waals surface area contributed by atoms with Crippen LogP contribution in [0, 0.1) is 23.4 Å². The van der Waals surface area contributed by atoms with E-state index in [1.807, 2.05) is 13.0 Å². The highest BCUT2D eigenvalue weighted by Crippen LogP contribution is 2.42. The van der Waals surface area contributed by atoms with E-state index in [9.17, 15) is 8.78 Å². The van der Waals surface area contributed by atoms with E-state index in [0.29, 0.717) is 61.3 Å². The average molecular weight is 433 g/mol. The number of allylic oxidation sites excluding steroid dienone is 1. The molecule has 0 radical (unpaired) electrons. The van der Waals surface area contributed by atoms with Crippen molar-refractivity contribution in [1.82, 2.24) is 0 Å². The number of hydrogen-bond donors (Lipinski definition) is 0. The normalized spacial score (nSPS) is 14.4. The highest BCUT2D eigenvalue weighted by molar-refractivity contribution is 5.53. The van der Waals surface area contributed by atoms with Crippen LogP contribution in [0.1, 0.15) is 62.3 Å². The summed E-state index contributed by atoms with van der Waals surface area (Å²) in [4.78, 5) is 0. The molecule has 0 fully saturated rings. The predicted octanol–water partition coefficient (Wildman–Crippen LogP) is 7.30. The number of halogens is 3. The van der Waals surface area contributed by atoms with Gasteiger partial charge in [-0.3, -0.25) is 0 Å². The zero-order valence-electron chi connectivity index (χ0n) is 18.6. The van der Waals surface area contributed by atoms with Crippen molar-refractivity contribution in [1.29, 1.82) is 0 Å². The van der Waals surface area contributed by atoms with Gasteiger partial charge in [0.25, 0.3) is 0 Å². The Morgan fingerprint density at radius 2 is 1.77 bits per heavy atom. The molecule has 0 aliphatic carbocycles. The maximum Gasteiger partial charge on any atom is 0.201 e. The fourth-order valence-corrected chi connectivity index (χ4v) is 3.68. The first-order chi connectivity index (χ1) is 14.8. The molecule has 0 spiro atoms. The molecule has 31 heavy (non-hydrogen) atoms. The third-order valence-corrected chi connectivity index (χ3v) is 5.96. The van der Waals surface area contributed by atoms with Gasteiger partial charge in [-0.2, -0.15) is 4.39 Å². The Bertz CT molecular complexity index is 939. The molecule has 2 atom stereocenters. The summed E-state index contributed by atoms with van der Waals surface area (Å²) in [6.45, 7) is 10.5. The number of ether oxygens (including phenoxy) is 2. The Hall–Kier alpha value is -2.27. The first kappa shape index (κ1) is 23.4. The number of fused-ring (bicyclic) bond motifs is 2. The van der Waals surface area contributed by atoms with Crippen LogP contribution in [0.15, 0.2) is 30.9 Å². The molecule has 168 valence electrons. The van der Waals surface area contributed by atoms with E-state index in [0.717, 1.165) is 6.42 Å². The molecule has 0 aromatic heterocycles. The largest absolute Gasteiger partial charge is 0.450 e. The van der Waals surface area contributed by atoms with Gasteiger partial charge in [0.1, 0.15) is 0 Å². The van der Waals surface area contributed by atoms with Gasteiger partial charge in [-0.25, -0.2) is 8.78 Å². The lowest BCUT2D eigenvalue weighted by Crippen LogP contribution is -2.15. The second-order valence-corrected chi connectivity index (χ2v) is 8.48. The Balaban J connectivity index is 1.75. The van der Waals surface area contributed by atoms with Crippen molar-refractivity contribution in [3.63, 3.8) is 0 Å². The van der Waals surface area contributed by atoms with Crippen LogP contribution in [0.2, 0.25) is 0 Å². The molecule has 0 amide bonds. The molecule has 2 nitrogen and oxygen atoms in total. The molecule has 1 aliphatic rings. The second kappa shape index (κ2) is 10.4. The second-order valence-electron chi connectivity index (χ2n) is 8.48. The topological polar surface area (TPSA) is 18.5 Å². The van der Waals surface area contributed by atoms with Gasteiger partial charge >= 0.3 is 0 Å². The van der Waals surface area contributed by atoms with Crippen LogP contribution in [-0.2, 0) is 24.0 Å². The lowest BCUT2D eigenvalue weighted by atomic mass is 9.94. The zero-order chi connectivity index (χ0) is 22.5. The number of hydrogen-bond acceptors (Lipinski definition) is 2. The van der Waals surface area contributed by atoms with Crippen molar-refractivity contribution < 1.29 is 22.6 Å². The minimum Gasteiger partial charge on any atom is -0.450 e. The van der Waals surface area contributed by atoms with Gasteiger partial charge < -0.3 is 9.47 Å². The monoisotopic (exact) mass is 432 g/mol. The van der Waals surface area contributed by atoms with Crippen molar-refractivity contribution in [2.24, 2.45) is 5.92 Å². The molecular formula is C26H31F3O2. The first-order valence-electron chi connectivity index (χ1n) is 11.1. The predicted molar refractivity (Wildman–Crippen MR) is 117 cm³/mol. The van der Waals surface area contributed by atoms with Gasteiger partial charge in [-0.15, -0.1) is 6.58 Å². The molecule has 1 heterocycles. The maximum absolute atomic E-state index is 15.2. The molecule has 3 rings (SSSR count). The van der Waals surface area contributed by atoms with Gasteiger partial charge in [-0.1, -0.05) is 38.5 Å². The molecule has 2 aromatic rings. The number of benzene rings is 2. The molecule has 2 unspecified atom stereocenters. The Morgan fingerprint density at radius 3 is 2.48 bits per heavy atom. The van der Waals surface area contributed by atoms with E-state index in [4.69, 9.17) is 9.47 Å². The van der Waals surface area contributed by atoms with E-state index < -0.39 is 17.5 Å². The SMILES string of the molecule is C=CCCc1cc2c(c(F)c1F)Oc1c(ccc(CCC(C)OCC(C)CC)c1F)C2. The summed E-state index contributed by atoms with van der Waals surface area (Å²) in [6.07, 6.45) is 5.07. The number of rotatable bonds is 10. The van der Waals surface area contributed by atoms with E-state index in [2.05, 4.69) is 20.4 Å². The fraction of sp³-hybridized carbons (Fsp3) is 0.462. The lowest BCUT2D eigenvalue weighted by molar-refractivity contribution is 0.0383. The third-order valence-electron chi connectivity index (χ3n) is 5.96. The summed E-state index contributed by atoms with van der Waals surface area (Å²) in [7, 11) is 0. The summed E-state index contributed by atoms with van der Waals surface area (Å²) in [5, 5.41) is 0. The highest BCUT2D eigenvalue weighted by Gasteiger charge is 2.28. The van der Waals surface area contributed by atoms with Crippen molar-refractivity contribution in [2.45, 2.75) is 65.4 Å². The zero-order valence-corrected chi connectivity index (χ0v) is 18.6. The molecule has 2 aromatic carbocycles. The van der Waals surface area contributed by atoms with Gasteiger partial charge in [-0.05, 0) is 55.7 Å². The Labute approximate surface area is 183 Å². The molecule has 1 aliphatic heterocycles. The molecule has 0 saturated carbocycles. The van der Waals surface area contributed by atoms with Crippen LogP contribution in [0.3, 0.4) is 0 Å². The van der Waals surface area contributed by atoms with Gasteiger partial charge in [0.05, 0.1) is 6.10 Å². The van der Waals surface area contributed by atoms with E-state index in [1.165, 1.54) is 0 Å². The summed E-state index contributed by atoms with van der Waals surface area (Å²) < 4.78 is 55.7. The van der Waals surface area contributed by atoms with Crippen LogP contribution in [0.25, 0.3) is 0 Å². The Morgan fingerprint density at radius 1 is 1.03 bits per heavy atom. The number of aryl methyl sites for hydroxylation is 2. The molecule has 0 bridgehead atoms. The maximum atomic E-state index is 15.2. The first-order valence-corrected chi connectivity index (χ1v) is 11.1. The van der Waals surface area contributed by atoms with Gasteiger partial charge in [0.15, 0.2) is 23.1 Å². The Kier molecular flexibility index (Phi) is 7.82. The molecule has 5 heteroatoms. The smallest absolute Gasteiger partial charge is 0.201 e. The van der Waals surface area contributed by atoms with E-state index in [-0.39, 0.29) is 23.2 Å². The van der Waals surface area contributed by atoms with Crippen LogP contribution in [-0.4, -0.2) is 12.7 Å². The minimum atomic E-state index is -1.06. The highest BCUT2D eigenvalue weighted by atomic mass is 19.2. The van der Waals surface area contributed by atoms with Crippen molar-refractivity contribution in [3.8, 4) is 11.5 Å². The summed E-state index contributed by atoms with van der Waals surface area (Å²) >= 11 is 0. The fourth-order valence-electron chi connectivity index (χ4n) is 3.68. The summed E-state index contributed by atoms with van der Waals surface area (Å²) in [6, 6.07) is 5.18. The van der Waals surface area contributed by atoms with E-state index in [1.54, 1.807) is 18.2 Å². The minimum absolute atomic E-state index is 0.00434. The van der Waals surface area contributed by atoms with E-state index >= 15 is 4.39 Å². The quantitative estimate of drug-likeness (QED) is 0.313. The lowest BCUT2D eigenvalue weighted by Gasteiger charge is -2.23. The summed E-state index contributed by atoms with van der Waals surface area (Å²) in [5.41, 5.74) is 1.94. The third kappa shape index (κ3) is 5.32. The van der Waals surface area contributed by atoms with Crippen molar-refractivity contribution in [2.75, 3.05) is 6.61 Å². The standard InChI is InChI=1S/C26H31F3O2/c1-5-7-8-19-13-21-14-20-12-11-18(10-9-17(4)30-15-16(3)6-2)23(28)25(20)31-26(21)24(29)22(19)27/h5,11-13,16-17H,1,6-10,14-15H2,2-4H3. The summed E-state index contributed by atoms with van der Waals surface area (Å²) in [5.74, 6) is -2.23.